The number of likely N-dealkylation sites (tertiary alicyclic amines) is 1. The first-order chi connectivity index (χ1) is 8.15. The second-order valence-electron chi connectivity index (χ2n) is 5.04. The number of rotatable bonds is 3. The second-order valence-corrected chi connectivity index (χ2v) is 5.04. The van der Waals surface area contributed by atoms with E-state index in [1.54, 1.807) is 12.1 Å². The van der Waals surface area contributed by atoms with E-state index in [2.05, 4.69) is 24.2 Å². The molecule has 0 saturated carbocycles. The Morgan fingerprint density at radius 2 is 2.29 bits per heavy atom. The van der Waals surface area contributed by atoms with E-state index in [0.29, 0.717) is 6.04 Å². The lowest BCUT2D eigenvalue weighted by Crippen LogP contribution is -2.44. The van der Waals surface area contributed by atoms with Crippen molar-refractivity contribution in [1.29, 1.82) is 0 Å². The maximum Gasteiger partial charge on any atom is 0.123 e. The first kappa shape index (κ1) is 12.5. The molecular formula is C14H21FN2. The van der Waals surface area contributed by atoms with Gasteiger partial charge >= 0.3 is 0 Å². The summed E-state index contributed by atoms with van der Waals surface area (Å²) in [6.07, 6.45) is 2.45. The SMILES string of the molecule is C[C@@H](NC1CCCN(C)C1)c1cccc(F)c1. The smallest absolute Gasteiger partial charge is 0.123 e. The lowest BCUT2D eigenvalue weighted by atomic mass is 10.0. The number of likely N-dealkylation sites (N-methyl/N-ethyl adjacent to an activating group) is 1. The molecule has 3 heteroatoms. The van der Waals surface area contributed by atoms with E-state index in [-0.39, 0.29) is 11.9 Å². The van der Waals surface area contributed by atoms with Gasteiger partial charge in [0.2, 0.25) is 0 Å². The van der Waals surface area contributed by atoms with E-state index < -0.39 is 0 Å². The van der Waals surface area contributed by atoms with Crippen LogP contribution in [0.1, 0.15) is 31.4 Å². The Labute approximate surface area is 103 Å². The zero-order valence-corrected chi connectivity index (χ0v) is 10.6. The number of halogens is 1. The highest BCUT2D eigenvalue weighted by atomic mass is 19.1. The third-order valence-electron chi connectivity index (χ3n) is 3.46. The summed E-state index contributed by atoms with van der Waals surface area (Å²) >= 11 is 0. The zero-order chi connectivity index (χ0) is 12.3. The van der Waals surface area contributed by atoms with Gasteiger partial charge in [0.25, 0.3) is 0 Å². The molecule has 0 spiro atoms. The Morgan fingerprint density at radius 1 is 1.47 bits per heavy atom. The Bertz CT molecular complexity index is 367. The first-order valence-electron chi connectivity index (χ1n) is 6.35. The number of hydrogen-bond acceptors (Lipinski definition) is 2. The second kappa shape index (κ2) is 5.61. The van der Waals surface area contributed by atoms with Gasteiger partial charge in [-0.15, -0.1) is 0 Å². The number of piperidine rings is 1. The molecule has 1 unspecified atom stereocenters. The van der Waals surface area contributed by atoms with Crippen LogP contribution in [-0.2, 0) is 0 Å². The standard InChI is InChI=1S/C14H21FN2/c1-11(12-5-3-6-13(15)9-12)16-14-7-4-8-17(2)10-14/h3,5-6,9,11,14,16H,4,7-8,10H2,1-2H3/t11-,14?/m1/s1. The Hall–Kier alpha value is -0.930. The molecule has 1 saturated heterocycles. The number of hydrogen-bond donors (Lipinski definition) is 1. The van der Waals surface area contributed by atoms with E-state index >= 15 is 0 Å². The van der Waals surface area contributed by atoms with Gasteiger partial charge < -0.3 is 10.2 Å². The summed E-state index contributed by atoms with van der Waals surface area (Å²) in [6.45, 7) is 4.37. The summed E-state index contributed by atoms with van der Waals surface area (Å²) in [7, 11) is 2.15. The molecule has 2 nitrogen and oxygen atoms in total. The maximum absolute atomic E-state index is 13.1. The van der Waals surface area contributed by atoms with Crippen molar-refractivity contribution in [1.82, 2.24) is 10.2 Å². The van der Waals surface area contributed by atoms with Crippen LogP contribution in [0, 0.1) is 5.82 Å². The van der Waals surface area contributed by atoms with Crippen molar-refractivity contribution < 1.29 is 4.39 Å². The molecule has 1 fully saturated rings. The Morgan fingerprint density at radius 3 is 3.00 bits per heavy atom. The number of nitrogens with zero attached hydrogens (tertiary/aromatic N) is 1. The van der Waals surface area contributed by atoms with E-state index in [0.717, 1.165) is 12.1 Å². The van der Waals surface area contributed by atoms with Gasteiger partial charge in [-0.05, 0) is 51.1 Å². The van der Waals surface area contributed by atoms with Crippen molar-refractivity contribution in [2.24, 2.45) is 0 Å². The lowest BCUT2D eigenvalue weighted by molar-refractivity contribution is 0.218. The van der Waals surface area contributed by atoms with Crippen molar-refractivity contribution in [3.05, 3.63) is 35.6 Å². The van der Waals surface area contributed by atoms with Crippen molar-refractivity contribution in [3.63, 3.8) is 0 Å². The average Bonchev–Trinajstić information content (AvgIpc) is 2.29. The van der Waals surface area contributed by atoms with Crippen LogP contribution in [-0.4, -0.2) is 31.1 Å². The predicted octanol–water partition coefficient (Wildman–Crippen LogP) is 2.57. The van der Waals surface area contributed by atoms with Crippen LogP contribution < -0.4 is 5.32 Å². The van der Waals surface area contributed by atoms with Gasteiger partial charge in [0.15, 0.2) is 0 Å². The molecule has 1 heterocycles. The van der Waals surface area contributed by atoms with Crippen molar-refractivity contribution in [2.45, 2.75) is 31.8 Å². The van der Waals surface area contributed by atoms with Crippen LogP contribution in [0.3, 0.4) is 0 Å². The molecule has 0 amide bonds. The van der Waals surface area contributed by atoms with Crippen LogP contribution in [0.4, 0.5) is 4.39 Å². The topological polar surface area (TPSA) is 15.3 Å². The Balaban J connectivity index is 1.94. The molecule has 1 aliphatic heterocycles. The minimum absolute atomic E-state index is 0.156. The van der Waals surface area contributed by atoms with Gasteiger partial charge in [0, 0.05) is 18.6 Å². The maximum atomic E-state index is 13.1. The van der Waals surface area contributed by atoms with Crippen molar-refractivity contribution >= 4 is 0 Å². The van der Waals surface area contributed by atoms with Crippen molar-refractivity contribution in [2.75, 3.05) is 20.1 Å². The fourth-order valence-corrected chi connectivity index (χ4v) is 2.53. The van der Waals surface area contributed by atoms with E-state index in [9.17, 15) is 4.39 Å². The molecular weight excluding hydrogens is 215 g/mol. The number of benzene rings is 1. The molecule has 0 aliphatic carbocycles. The normalized spacial score (nSPS) is 23.6. The fraction of sp³-hybridized carbons (Fsp3) is 0.571. The summed E-state index contributed by atoms with van der Waals surface area (Å²) in [4.78, 5) is 2.35. The van der Waals surface area contributed by atoms with Crippen LogP contribution >= 0.6 is 0 Å². The molecule has 2 rings (SSSR count). The van der Waals surface area contributed by atoms with Gasteiger partial charge in [-0.25, -0.2) is 4.39 Å². The summed E-state index contributed by atoms with van der Waals surface area (Å²) in [6, 6.07) is 7.59. The highest BCUT2D eigenvalue weighted by Gasteiger charge is 2.19. The lowest BCUT2D eigenvalue weighted by Gasteiger charge is -2.32. The van der Waals surface area contributed by atoms with Crippen LogP contribution in [0.2, 0.25) is 0 Å². The number of nitrogens with one attached hydrogen (secondary N) is 1. The quantitative estimate of drug-likeness (QED) is 0.867. The molecule has 1 aromatic carbocycles. The Kier molecular flexibility index (Phi) is 4.13. The van der Waals surface area contributed by atoms with Gasteiger partial charge in [-0.3, -0.25) is 0 Å². The summed E-state index contributed by atoms with van der Waals surface area (Å²) < 4.78 is 13.1. The van der Waals surface area contributed by atoms with Gasteiger partial charge in [0.05, 0.1) is 0 Å². The van der Waals surface area contributed by atoms with E-state index in [1.807, 2.05) is 6.07 Å². The van der Waals surface area contributed by atoms with E-state index in [4.69, 9.17) is 0 Å². The highest BCUT2D eigenvalue weighted by molar-refractivity contribution is 5.19. The van der Waals surface area contributed by atoms with E-state index in [1.165, 1.54) is 25.5 Å². The van der Waals surface area contributed by atoms with Crippen LogP contribution in [0.5, 0.6) is 0 Å². The molecule has 0 bridgehead atoms. The zero-order valence-electron chi connectivity index (χ0n) is 10.6. The van der Waals surface area contributed by atoms with Gasteiger partial charge in [-0.1, -0.05) is 12.1 Å². The largest absolute Gasteiger partial charge is 0.306 e. The third-order valence-corrected chi connectivity index (χ3v) is 3.46. The average molecular weight is 236 g/mol. The molecule has 94 valence electrons. The van der Waals surface area contributed by atoms with Gasteiger partial charge in [0.1, 0.15) is 5.82 Å². The van der Waals surface area contributed by atoms with Crippen molar-refractivity contribution in [3.8, 4) is 0 Å². The molecule has 1 aromatic rings. The first-order valence-corrected chi connectivity index (χ1v) is 6.35. The molecule has 2 atom stereocenters. The predicted molar refractivity (Wildman–Crippen MR) is 68.5 cm³/mol. The summed E-state index contributed by atoms with van der Waals surface area (Å²) in [5, 5.41) is 3.58. The highest BCUT2D eigenvalue weighted by Crippen LogP contribution is 2.17. The molecule has 17 heavy (non-hydrogen) atoms. The van der Waals surface area contributed by atoms with Crippen LogP contribution in [0.25, 0.3) is 0 Å². The third kappa shape index (κ3) is 3.51. The monoisotopic (exact) mass is 236 g/mol. The molecule has 1 N–H and O–H groups in total. The summed E-state index contributed by atoms with van der Waals surface area (Å²) in [5.41, 5.74) is 1.03. The fourth-order valence-electron chi connectivity index (χ4n) is 2.53. The molecule has 1 aliphatic rings. The van der Waals surface area contributed by atoms with Gasteiger partial charge in [-0.2, -0.15) is 0 Å². The minimum atomic E-state index is -0.156. The van der Waals surface area contributed by atoms with Crippen LogP contribution in [0.15, 0.2) is 24.3 Å². The molecule has 0 radical (unpaired) electrons. The summed E-state index contributed by atoms with van der Waals surface area (Å²) in [5.74, 6) is -0.156. The molecule has 0 aromatic heterocycles. The minimum Gasteiger partial charge on any atom is -0.306 e.